The number of carbonyl (C=O) groups is 1. The Morgan fingerprint density at radius 3 is 1.97 bits per heavy atom. The highest BCUT2D eigenvalue weighted by molar-refractivity contribution is 6.05. The molecule has 4 rings (SSSR count). The second kappa shape index (κ2) is 8.74. The monoisotopic (exact) mass is 396 g/mol. The van der Waals surface area contributed by atoms with E-state index in [9.17, 15) is 4.79 Å². The van der Waals surface area contributed by atoms with Gasteiger partial charge in [0.1, 0.15) is 17.2 Å². The molecule has 1 amide bonds. The van der Waals surface area contributed by atoms with E-state index >= 15 is 0 Å². The van der Waals surface area contributed by atoms with Crippen LogP contribution >= 0.6 is 0 Å². The number of carbonyl (C=O) groups excluding carboxylic acids is 1. The van der Waals surface area contributed by atoms with Crippen LogP contribution < -0.4 is 19.1 Å². The van der Waals surface area contributed by atoms with Gasteiger partial charge in [-0.2, -0.15) is 0 Å². The van der Waals surface area contributed by atoms with Crippen LogP contribution in [0.25, 0.3) is 0 Å². The predicted octanol–water partition coefficient (Wildman–Crippen LogP) is 3.35. The van der Waals surface area contributed by atoms with Gasteiger partial charge >= 0.3 is 0 Å². The lowest BCUT2D eigenvalue weighted by Crippen LogP contribution is -2.70. The minimum Gasteiger partial charge on any atom is -0.497 e. The number of piperidine rings is 1. The zero-order valence-electron chi connectivity index (χ0n) is 17.0. The Bertz CT molecular complexity index is 816. The number of rotatable bonds is 7. The third-order valence-corrected chi connectivity index (χ3v) is 5.73. The lowest BCUT2D eigenvalue weighted by atomic mass is 9.94. The van der Waals surface area contributed by atoms with Gasteiger partial charge in [0.25, 0.3) is 5.91 Å². The molecule has 0 aliphatic carbocycles. The van der Waals surface area contributed by atoms with E-state index in [1.54, 1.807) is 14.2 Å². The summed E-state index contributed by atoms with van der Waals surface area (Å²) >= 11 is 0. The second-order valence-electron chi connectivity index (χ2n) is 7.55. The van der Waals surface area contributed by atoms with Crippen LogP contribution in [0.1, 0.15) is 19.3 Å². The zero-order chi connectivity index (χ0) is 20.2. The van der Waals surface area contributed by atoms with Crippen LogP contribution in [0, 0.1) is 0 Å². The van der Waals surface area contributed by atoms with Crippen LogP contribution in [0.4, 0.5) is 5.69 Å². The number of methoxy groups -OCH3 is 2. The van der Waals surface area contributed by atoms with E-state index in [1.165, 1.54) is 19.3 Å². The van der Waals surface area contributed by atoms with E-state index < -0.39 is 6.10 Å². The van der Waals surface area contributed by atoms with Crippen molar-refractivity contribution < 1.29 is 19.0 Å². The molecule has 29 heavy (non-hydrogen) atoms. The molecule has 154 valence electrons. The Morgan fingerprint density at radius 2 is 1.38 bits per heavy atom. The second-order valence-corrected chi connectivity index (χ2v) is 7.55. The van der Waals surface area contributed by atoms with Gasteiger partial charge in [-0.05, 0) is 74.5 Å². The van der Waals surface area contributed by atoms with Gasteiger partial charge in [0, 0.05) is 12.2 Å². The Morgan fingerprint density at radius 1 is 0.828 bits per heavy atom. The van der Waals surface area contributed by atoms with Crippen LogP contribution in [0.3, 0.4) is 0 Å². The predicted molar refractivity (Wildman–Crippen MR) is 112 cm³/mol. The Balaban J connectivity index is 1.52. The molecule has 2 aromatic carbocycles. The summed E-state index contributed by atoms with van der Waals surface area (Å²) in [5, 5.41) is 0. The lowest BCUT2D eigenvalue weighted by Gasteiger charge is -2.48. The smallest absolute Gasteiger partial charge is 0.270 e. The molecule has 2 atom stereocenters. The molecule has 0 N–H and O–H groups in total. The average Bonchev–Trinajstić information content (AvgIpc) is 2.78. The minimum absolute atomic E-state index is 0.00649. The van der Waals surface area contributed by atoms with Crippen molar-refractivity contribution >= 4 is 11.6 Å². The highest BCUT2D eigenvalue weighted by Crippen LogP contribution is 2.33. The van der Waals surface area contributed by atoms with Gasteiger partial charge in [-0.1, -0.05) is 6.42 Å². The third-order valence-electron chi connectivity index (χ3n) is 5.73. The van der Waals surface area contributed by atoms with Gasteiger partial charge in [-0.15, -0.1) is 0 Å². The van der Waals surface area contributed by atoms with Crippen molar-refractivity contribution in [1.82, 2.24) is 4.90 Å². The summed E-state index contributed by atoms with van der Waals surface area (Å²) in [5.74, 6) is 2.22. The average molecular weight is 396 g/mol. The fourth-order valence-electron chi connectivity index (χ4n) is 4.09. The van der Waals surface area contributed by atoms with Crippen LogP contribution in [-0.4, -0.2) is 56.8 Å². The molecule has 6 heteroatoms. The van der Waals surface area contributed by atoms with Crippen molar-refractivity contribution in [3.8, 4) is 17.2 Å². The van der Waals surface area contributed by atoms with Crippen LogP contribution in [-0.2, 0) is 4.79 Å². The van der Waals surface area contributed by atoms with E-state index in [4.69, 9.17) is 14.2 Å². The van der Waals surface area contributed by atoms with Crippen molar-refractivity contribution in [1.29, 1.82) is 0 Å². The molecule has 0 aromatic heterocycles. The van der Waals surface area contributed by atoms with Crippen LogP contribution in [0.5, 0.6) is 17.2 Å². The number of β-lactam (4-membered cyclic amide) rings is 1. The van der Waals surface area contributed by atoms with Gasteiger partial charge in [0.05, 0.1) is 20.3 Å². The first-order valence-electron chi connectivity index (χ1n) is 10.2. The normalized spacial score (nSPS) is 22.1. The molecule has 2 aliphatic heterocycles. The van der Waals surface area contributed by atoms with Crippen molar-refractivity contribution in [2.45, 2.75) is 31.4 Å². The number of nitrogens with zero attached hydrogens (tertiary/aromatic N) is 2. The fourth-order valence-corrected chi connectivity index (χ4v) is 4.09. The van der Waals surface area contributed by atoms with E-state index in [0.29, 0.717) is 5.75 Å². The largest absolute Gasteiger partial charge is 0.497 e. The fraction of sp³-hybridized carbons (Fsp3) is 0.435. The molecule has 0 spiro atoms. The minimum atomic E-state index is -0.479. The molecule has 2 aliphatic rings. The highest BCUT2D eigenvalue weighted by atomic mass is 16.5. The maximum Gasteiger partial charge on any atom is 0.270 e. The van der Waals surface area contributed by atoms with E-state index in [-0.39, 0.29) is 11.9 Å². The first-order valence-corrected chi connectivity index (χ1v) is 10.2. The lowest BCUT2D eigenvalue weighted by molar-refractivity contribution is -0.135. The van der Waals surface area contributed by atoms with Gasteiger partial charge in [-0.3, -0.25) is 4.79 Å². The molecule has 2 saturated heterocycles. The third kappa shape index (κ3) is 4.17. The Hall–Kier alpha value is -2.73. The molecule has 0 bridgehead atoms. The van der Waals surface area contributed by atoms with Crippen molar-refractivity contribution in [2.75, 3.05) is 38.8 Å². The number of hydrogen-bond donors (Lipinski definition) is 0. The SMILES string of the molecule is COc1ccc(O[C@@H]2C(=O)N(c3ccc(OC)cc3)[C@@H]2CN2CCCCC2)cc1. The first kappa shape index (κ1) is 19.6. The number of ether oxygens (including phenoxy) is 3. The van der Waals surface area contributed by atoms with Gasteiger partial charge in [-0.25, -0.2) is 0 Å². The van der Waals surface area contributed by atoms with E-state index in [2.05, 4.69) is 4.90 Å². The number of anilines is 1. The topological polar surface area (TPSA) is 51.2 Å². The van der Waals surface area contributed by atoms with Crippen molar-refractivity contribution in [3.05, 3.63) is 48.5 Å². The van der Waals surface area contributed by atoms with Crippen molar-refractivity contribution in [3.63, 3.8) is 0 Å². The van der Waals surface area contributed by atoms with Crippen LogP contribution in [0.2, 0.25) is 0 Å². The Labute approximate surface area is 172 Å². The standard InChI is InChI=1S/C23H28N2O4/c1-27-18-8-6-17(7-9-18)25-21(16-24-14-4-3-5-15-24)22(23(25)26)29-20-12-10-19(28-2)11-13-20/h6-13,21-22H,3-5,14-16H2,1-2H3/t21-,22+/m1/s1. The maximum absolute atomic E-state index is 13.0. The maximum atomic E-state index is 13.0. The van der Waals surface area contributed by atoms with Gasteiger partial charge in [0.2, 0.25) is 0 Å². The summed E-state index contributed by atoms with van der Waals surface area (Å²) in [6, 6.07) is 15.0. The molecular weight excluding hydrogens is 368 g/mol. The summed E-state index contributed by atoms with van der Waals surface area (Å²) in [5.41, 5.74) is 0.882. The van der Waals surface area contributed by atoms with E-state index in [0.717, 1.165) is 36.8 Å². The number of amides is 1. The molecule has 2 fully saturated rings. The number of likely N-dealkylation sites (tertiary alicyclic amines) is 1. The molecule has 6 nitrogen and oxygen atoms in total. The number of benzene rings is 2. The highest BCUT2D eigenvalue weighted by Gasteiger charge is 2.50. The summed E-state index contributed by atoms with van der Waals surface area (Å²) in [6.45, 7) is 2.98. The quantitative estimate of drug-likeness (QED) is 0.672. The van der Waals surface area contributed by atoms with E-state index in [1.807, 2.05) is 53.4 Å². The summed E-state index contributed by atoms with van der Waals surface area (Å²) in [4.78, 5) is 17.3. The summed E-state index contributed by atoms with van der Waals surface area (Å²) in [6.07, 6.45) is 3.24. The molecule has 2 aromatic rings. The molecule has 2 heterocycles. The Kier molecular flexibility index (Phi) is 5.90. The van der Waals surface area contributed by atoms with Crippen LogP contribution in [0.15, 0.2) is 48.5 Å². The first-order chi connectivity index (χ1) is 14.2. The number of hydrogen-bond acceptors (Lipinski definition) is 5. The van der Waals surface area contributed by atoms with Crippen molar-refractivity contribution in [2.24, 2.45) is 0 Å². The zero-order valence-corrected chi connectivity index (χ0v) is 17.0. The van der Waals surface area contributed by atoms with Gasteiger partial charge in [0.15, 0.2) is 6.10 Å². The molecular formula is C23H28N2O4. The summed E-state index contributed by atoms with van der Waals surface area (Å²) < 4.78 is 16.6. The van der Waals surface area contributed by atoms with Gasteiger partial charge < -0.3 is 24.0 Å². The summed E-state index contributed by atoms with van der Waals surface area (Å²) in [7, 11) is 3.27. The molecule has 0 unspecified atom stereocenters. The molecule has 0 saturated carbocycles. The molecule has 0 radical (unpaired) electrons.